The summed E-state index contributed by atoms with van der Waals surface area (Å²) in [5, 5.41) is 7.85. The van der Waals surface area contributed by atoms with Crippen LogP contribution in [-0.4, -0.2) is 19.1 Å². The maximum atomic E-state index is 6.02. The molecule has 0 aromatic heterocycles. The van der Waals surface area contributed by atoms with E-state index >= 15 is 0 Å². The van der Waals surface area contributed by atoms with Crippen molar-refractivity contribution in [2.24, 2.45) is 0 Å². The molecule has 1 aromatic carbocycles. The van der Waals surface area contributed by atoms with Crippen molar-refractivity contribution in [3.63, 3.8) is 0 Å². The Kier molecular flexibility index (Phi) is 2.23. The van der Waals surface area contributed by atoms with Crippen molar-refractivity contribution < 1.29 is 0 Å². The van der Waals surface area contributed by atoms with Crippen LogP contribution in [0.2, 0.25) is 5.02 Å². The minimum atomic E-state index is 0.234. The van der Waals surface area contributed by atoms with E-state index in [4.69, 9.17) is 11.6 Å². The fourth-order valence-electron chi connectivity index (χ4n) is 2.21. The van der Waals surface area contributed by atoms with Crippen molar-refractivity contribution in [2.45, 2.75) is 24.4 Å². The lowest BCUT2D eigenvalue weighted by Gasteiger charge is -2.33. The van der Waals surface area contributed by atoms with Gasteiger partial charge in [0.1, 0.15) is 0 Å². The number of hydrogen-bond donors (Lipinski definition) is 2. The Hall–Kier alpha value is -0.570. The lowest BCUT2D eigenvalue weighted by atomic mass is 10.0. The highest BCUT2D eigenvalue weighted by molar-refractivity contribution is 6.30. The van der Waals surface area contributed by atoms with Crippen LogP contribution in [0.15, 0.2) is 24.3 Å². The lowest BCUT2D eigenvalue weighted by molar-refractivity contribution is 0.319. The first-order valence-corrected chi connectivity index (χ1v) is 5.91. The van der Waals surface area contributed by atoms with Gasteiger partial charge >= 0.3 is 0 Å². The molecule has 1 aromatic rings. The summed E-state index contributed by atoms with van der Waals surface area (Å²) in [6.07, 6.45) is 2.48. The highest BCUT2D eigenvalue weighted by atomic mass is 35.5. The smallest absolute Gasteiger partial charge is 0.0439 e. The van der Waals surface area contributed by atoms with Gasteiger partial charge in [0.2, 0.25) is 0 Å². The molecule has 1 aliphatic heterocycles. The summed E-state index contributed by atoms with van der Waals surface area (Å²) < 4.78 is 0. The summed E-state index contributed by atoms with van der Waals surface area (Å²) in [7, 11) is 0. The molecule has 1 saturated heterocycles. The molecule has 0 atom stereocenters. The number of halogens is 1. The van der Waals surface area contributed by atoms with Crippen LogP contribution in [-0.2, 0) is 5.54 Å². The van der Waals surface area contributed by atoms with Crippen LogP contribution in [0.25, 0.3) is 0 Å². The summed E-state index contributed by atoms with van der Waals surface area (Å²) in [6.45, 7) is 2.20. The summed E-state index contributed by atoms with van der Waals surface area (Å²) in [5.41, 5.74) is 1.58. The summed E-state index contributed by atoms with van der Waals surface area (Å²) in [5.74, 6) is 0. The van der Waals surface area contributed by atoms with Crippen molar-refractivity contribution in [3.05, 3.63) is 34.9 Å². The van der Waals surface area contributed by atoms with Gasteiger partial charge in [-0.2, -0.15) is 0 Å². The first-order chi connectivity index (χ1) is 7.28. The van der Waals surface area contributed by atoms with E-state index in [2.05, 4.69) is 22.8 Å². The zero-order chi connectivity index (χ0) is 10.3. The van der Waals surface area contributed by atoms with Gasteiger partial charge in [0.25, 0.3) is 0 Å². The van der Waals surface area contributed by atoms with E-state index in [1.165, 1.54) is 18.4 Å². The fourth-order valence-corrected chi connectivity index (χ4v) is 2.40. The molecule has 0 spiro atoms. The molecule has 0 amide bonds. The number of hydrogen-bond acceptors (Lipinski definition) is 2. The topological polar surface area (TPSA) is 24.1 Å². The lowest BCUT2D eigenvalue weighted by Crippen LogP contribution is -2.58. The Morgan fingerprint density at radius 2 is 2.13 bits per heavy atom. The minimum absolute atomic E-state index is 0.234. The standard InChI is InChI=1S/C12H15ClN2/c13-10-3-1-2-9(6-10)12(4-5-12)15-11-7-14-8-11/h1-3,6,11,14-15H,4-5,7-8H2. The zero-order valence-electron chi connectivity index (χ0n) is 8.59. The molecule has 3 rings (SSSR count). The van der Waals surface area contributed by atoms with Crippen molar-refractivity contribution in [2.75, 3.05) is 13.1 Å². The maximum Gasteiger partial charge on any atom is 0.0439 e. The third-order valence-corrected chi connectivity index (χ3v) is 3.62. The maximum absolute atomic E-state index is 6.02. The van der Waals surface area contributed by atoms with E-state index in [9.17, 15) is 0 Å². The Bertz CT molecular complexity index is 370. The van der Waals surface area contributed by atoms with Gasteiger partial charge in [-0.05, 0) is 30.5 Å². The third kappa shape index (κ3) is 1.78. The predicted molar refractivity (Wildman–Crippen MR) is 62.2 cm³/mol. The van der Waals surface area contributed by atoms with Crippen molar-refractivity contribution in [1.29, 1.82) is 0 Å². The molecule has 1 aliphatic carbocycles. The van der Waals surface area contributed by atoms with Crippen LogP contribution in [0.1, 0.15) is 18.4 Å². The van der Waals surface area contributed by atoms with Crippen LogP contribution in [0.5, 0.6) is 0 Å². The average molecular weight is 223 g/mol. The molecule has 1 heterocycles. The van der Waals surface area contributed by atoms with Crippen molar-refractivity contribution >= 4 is 11.6 Å². The SMILES string of the molecule is Clc1cccc(C2(NC3CNC3)CC2)c1. The van der Waals surface area contributed by atoms with Gasteiger partial charge in [-0.3, -0.25) is 0 Å². The van der Waals surface area contributed by atoms with Crippen LogP contribution >= 0.6 is 11.6 Å². The second kappa shape index (κ2) is 3.48. The van der Waals surface area contributed by atoms with E-state index in [1.807, 2.05) is 12.1 Å². The number of rotatable bonds is 3. The molecule has 0 unspecified atom stereocenters. The molecule has 80 valence electrons. The van der Waals surface area contributed by atoms with Crippen molar-refractivity contribution in [1.82, 2.24) is 10.6 Å². The zero-order valence-corrected chi connectivity index (χ0v) is 9.35. The van der Waals surface area contributed by atoms with Crippen LogP contribution < -0.4 is 10.6 Å². The molecule has 15 heavy (non-hydrogen) atoms. The Morgan fingerprint density at radius 3 is 2.67 bits per heavy atom. The van der Waals surface area contributed by atoms with Crippen LogP contribution in [0.4, 0.5) is 0 Å². The molecule has 2 nitrogen and oxygen atoms in total. The Balaban J connectivity index is 1.79. The van der Waals surface area contributed by atoms with E-state index < -0.39 is 0 Å². The molecule has 0 bridgehead atoms. The van der Waals surface area contributed by atoms with E-state index in [0.29, 0.717) is 6.04 Å². The van der Waals surface area contributed by atoms with Gasteiger partial charge in [-0.1, -0.05) is 23.7 Å². The average Bonchev–Trinajstić information content (AvgIpc) is 2.93. The van der Waals surface area contributed by atoms with Gasteiger partial charge in [0, 0.05) is 29.7 Å². The van der Waals surface area contributed by atoms with Gasteiger partial charge in [0.15, 0.2) is 0 Å². The monoisotopic (exact) mass is 222 g/mol. The molecule has 0 radical (unpaired) electrons. The Labute approximate surface area is 95.0 Å². The van der Waals surface area contributed by atoms with E-state index in [0.717, 1.165) is 18.1 Å². The highest BCUT2D eigenvalue weighted by Crippen LogP contribution is 2.46. The fraction of sp³-hybridized carbons (Fsp3) is 0.500. The molecule has 1 saturated carbocycles. The summed E-state index contributed by atoms with van der Waals surface area (Å²) >= 11 is 6.02. The minimum Gasteiger partial charge on any atom is -0.314 e. The molecule has 2 N–H and O–H groups in total. The first-order valence-electron chi connectivity index (χ1n) is 5.53. The predicted octanol–water partition coefficient (Wildman–Crippen LogP) is 1.89. The van der Waals surface area contributed by atoms with Gasteiger partial charge < -0.3 is 10.6 Å². The molecular weight excluding hydrogens is 208 g/mol. The molecule has 2 fully saturated rings. The Morgan fingerprint density at radius 1 is 1.33 bits per heavy atom. The second-order valence-electron chi connectivity index (χ2n) is 4.59. The largest absolute Gasteiger partial charge is 0.314 e. The third-order valence-electron chi connectivity index (χ3n) is 3.39. The van der Waals surface area contributed by atoms with Gasteiger partial charge in [-0.15, -0.1) is 0 Å². The quantitative estimate of drug-likeness (QED) is 0.816. The number of benzene rings is 1. The highest BCUT2D eigenvalue weighted by Gasteiger charge is 2.46. The summed E-state index contributed by atoms with van der Waals surface area (Å²) in [6, 6.07) is 8.89. The van der Waals surface area contributed by atoms with E-state index in [-0.39, 0.29) is 5.54 Å². The summed E-state index contributed by atoms with van der Waals surface area (Å²) in [4.78, 5) is 0. The second-order valence-corrected chi connectivity index (χ2v) is 5.03. The van der Waals surface area contributed by atoms with Gasteiger partial charge in [-0.25, -0.2) is 0 Å². The van der Waals surface area contributed by atoms with Crippen molar-refractivity contribution in [3.8, 4) is 0 Å². The number of nitrogens with one attached hydrogen (secondary N) is 2. The molecular formula is C12H15ClN2. The normalized spacial score (nSPS) is 23.5. The van der Waals surface area contributed by atoms with Gasteiger partial charge in [0.05, 0.1) is 0 Å². The van der Waals surface area contributed by atoms with E-state index in [1.54, 1.807) is 0 Å². The molecule has 2 aliphatic rings. The van der Waals surface area contributed by atoms with Crippen LogP contribution in [0.3, 0.4) is 0 Å². The van der Waals surface area contributed by atoms with Crippen LogP contribution in [0, 0.1) is 0 Å². The molecule has 3 heteroatoms. The first kappa shape index (κ1) is 9.64.